The van der Waals surface area contributed by atoms with E-state index in [4.69, 9.17) is 15.2 Å². The van der Waals surface area contributed by atoms with Gasteiger partial charge in [0.1, 0.15) is 5.75 Å². The monoisotopic (exact) mass is 280 g/mol. The van der Waals surface area contributed by atoms with E-state index in [1.54, 1.807) is 24.3 Å². The van der Waals surface area contributed by atoms with Crippen molar-refractivity contribution in [2.75, 3.05) is 18.9 Å². The molecule has 0 saturated carbocycles. The van der Waals surface area contributed by atoms with E-state index in [2.05, 4.69) is 5.32 Å². The summed E-state index contributed by atoms with van der Waals surface area (Å²) in [6.07, 6.45) is 0.819. The molecule has 1 unspecified atom stereocenters. The van der Waals surface area contributed by atoms with Crippen LogP contribution in [0.4, 0.5) is 5.69 Å². The van der Waals surface area contributed by atoms with Crippen LogP contribution < -0.4 is 15.8 Å². The minimum atomic E-state index is -0.596. The number of amides is 1. The Hall–Kier alpha value is -2.24. The normalized spacial score (nSPS) is 11.5. The molecule has 0 saturated heterocycles. The third kappa shape index (κ3) is 6.08. The van der Waals surface area contributed by atoms with Crippen LogP contribution in [-0.2, 0) is 14.3 Å². The van der Waals surface area contributed by atoms with Gasteiger partial charge >= 0.3 is 5.97 Å². The van der Waals surface area contributed by atoms with E-state index in [9.17, 15) is 9.59 Å². The maximum atomic E-state index is 11.4. The highest BCUT2D eigenvalue weighted by atomic mass is 16.6. The first kappa shape index (κ1) is 15.8. The molecule has 0 aromatic heterocycles. The topological polar surface area (TPSA) is 90.6 Å². The number of hydrogen-bond donors (Lipinski definition) is 2. The number of rotatable bonds is 7. The molecule has 20 heavy (non-hydrogen) atoms. The average molecular weight is 280 g/mol. The Kier molecular flexibility index (Phi) is 6.36. The molecule has 0 aliphatic rings. The minimum absolute atomic E-state index is 0.0622. The van der Waals surface area contributed by atoms with Crippen LogP contribution in [0.25, 0.3) is 0 Å². The summed E-state index contributed by atoms with van der Waals surface area (Å²) >= 11 is 0. The fourth-order valence-electron chi connectivity index (χ4n) is 1.31. The van der Waals surface area contributed by atoms with Crippen LogP contribution in [0, 0.1) is 0 Å². The van der Waals surface area contributed by atoms with Gasteiger partial charge in [0.15, 0.2) is 13.2 Å². The summed E-state index contributed by atoms with van der Waals surface area (Å²) < 4.78 is 9.99. The summed E-state index contributed by atoms with van der Waals surface area (Å²) in [5, 5.41) is 2.69. The Morgan fingerprint density at radius 2 is 1.90 bits per heavy atom. The van der Waals surface area contributed by atoms with Crippen molar-refractivity contribution in [3.05, 3.63) is 24.3 Å². The predicted octanol–water partition coefficient (Wildman–Crippen LogP) is 1.11. The Bertz CT molecular complexity index is 445. The molecule has 0 bridgehead atoms. The van der Waals surface area contributed by atoms with Gasteiger partial charge in [0.05, 0.1) is 0 Å². The zero-order valence-corrected chi connectivity index (χ0v) is 11.7. The Labute approximate surface area is 118 Å². The summed E-state index contributed by atoms with van der Waals surface area (Å²) in [6, 6.07) is 6.70. The molecule has 6 heteroatoms. The van der Waals surface area contributed by atoms with Crippen LogP contribution >= 0.6 is 0 Å². The highest BCUT2D eigenvalue weighted by Crippen LogP contribution is 2.12. The van der Waals surface area contributed by atoms with Gasteiger partial charge in [0.25, 0.3) is 5.91 Å². The molecule has 1 amide bonds. The predicted molar refractivity (Wildman–Crippen MR) is 75.2 cm³/mol. The number of ether oxygens (including phenoxy) is 2. The zero-order chi connectivity index (χ0) is 15.0. The standard InChI is InChI=1S/C14H20N2O4/c1-3-10(2)16-13(17)8-20-14(18)9-19-12-6-4-11(15)5-7-12/h4-7,10H,3,8-9,15H2,1-2H3,(H,16,17). The molecule has 1 aromatic carbocycles. The van der Waals surface area contributed by atoms with E-state index >= 15 is 0 Å². The summed E-state index contributed by atoms with van der Waals surface area (Å²) in [5.41, 5.74) is 6.14. The fraction of sp³-hybridized carbons (Fsp3) is 0.429. The number of nitrogens with one attached hydrogen (secondary N) is 1. The number of nitrogen functional groups attached to an aromatic ring is 1. The number of nitrogens with two attached hydrogens (primary N) is 1. The van der Waals surface area contributed by atoms with Gasteiger partial charge in [0, 0.05) is 11.7 Å². The van der Waals surface area contributed by atoms with E-state index in [1.807, 2.05) is 13.8 Å². The first-order valence-corrected chi connectivity index (χ1v) is 6.44. The molecule has 6 nitrogen and oxygen atoms in total. The number of anilines is 1. The van der Waals surface area contributed by atoms with Crippen LogP contribution in [0.3, 0.4) is 0 Å². The molecule has 1 aromatic rings. The summed E-state index contributed by atoms with van der Waals surface area (Å²) in [6.45, 7) is 3.29. The van der Waals surface area contributed by atoms with Gasteiger partial charge in [-0.25, -0.2) is 4.79 Å². The zero-order valence-electron chi connectivity index (χ0n) is 11.7. The Morgan fingerprint density at radius 3 is 2.50 bits per heavy atom. The summed E-state index contributed by atoms with van der Waals surface area (Å²) in [7, 11) is 0. The maximum Gasteiger partial charge on any atom is 0.344 e. The van der Waals surface area contributed by atoms with Gasteiger partial charge in [-0.1, -0.05) is 6.92 Å². The van der Waals surface area contributed by atoms with Gasteiger partial charge in [-0.3, -0.25) is 4.79 Å². The molecule has 0 aliphatic carbocycles. The number of carbonyl (C=O) groups is 2. The molecule has 0 aliphatic heterocycles. The average Bonchev–Trinajstić information content (AvgIpc) is 2.44. The SMILES string of the molecule is CCC(C)NC(=O)COC(=O)COc1ccc(N)cc1. The lowest BCUT2D eigenvalue weighted by Gasteiger charge is -2.11. The van der Waals surface area contributed by atoms with Crippen molar-refractivity contribution in [3.8, 4) is 5.75 Å². The van der Waals surface area contributed by atoms with Gasteiger partial charge < -0.3 is 20.5 Å². The molecule has 0 fully saturated rings. The maximum absolute atomic E-state index is 11.4. The van der Waals surface area contributed by atoms with E-state index in [0.717, 1.165) is 6.42 Å². The van der Waals surface area contributed by atoms with Crippen LogP contribution in [0.2, 0.25) is 0 Å². The van der Waals surface area contributed by atoms with Gasteiger partial charge in [-0.05, 0) is 37.6 Å². The van der Waals surface area contributed by atoms with Crippen molar-refractivity contribution in [2.24, 2.45) is 0 Å². The van der Waals surface area contributed by atoms with Crippen molar-refractivity contribution in [1.82, 2.24) is 5.32 Å². The lowest BCUT2D eigenvalue weighted by Crippen LogP contribution is -2.35. The van der Waals surface area contributed by atoms with E-state index in [1.165, 1.54) is 0 Å². The van der Waals surface area contributed by atoms with Gasteiger partial charge in [-0.15, -0.1) is 0 Å². The molecule has 1 rings (SSSR count). The van der Waals surface area contributed by atoms with Gasteiger partial charge in [0.2, 0.25) is 0 Å². The van der Waals surface area contributed by atoms with Crippen molar-refractivity contribution in [1.29, 1.82) is 0 Å². The van der Waals surface area contributed by atoms with E-state index < -0.39 is 5.97 Å². The lowest BCUT2D eigenvalue weighted by atomic mass is 10.2. The smallest absolute Gasteiger partial charge is 0.344 e. The van der Waals surface area contributed by atoms with Crippen LogP contribution in [0.1, 0.15) is 20.3 Å². The van der Waals surface area contributed by atoms with Gasteiger partial charge in [-0.2, -0.15) is 0 Å². The molecule has 1 atom stereocenters. The molecule has 110 valence electrons. The molecular weight excluding hydrogens is 260 g/mol. The second-order valence-electron chi connectivity index (χ2n) is 4.40. The second-order valence-corrected chi connectivity index (χ2v) is 4.40. The van der Waals surface area contributed by atoms with Crippen molar-refractivity contribution < 1.29 is 19.1 Å². The molecule has 0 radical (unpaired) electrons. The lowest BCUT2D eigenvalue weighted by molar-refractivity contribution is -0.150. The number of carbonyl (C=O) groups excluding carboxylic acids is 2. The largest absolute Gasteiger partial charge is 0.482 e. The number of esters is 1. The van der Waals surface area contributed by atoms with E-state index in [-0.39, 0.29) is 25.2 Å². The fourth-order valence-corrected chi connectivity index (χ4v) is 1.31. The van der Waals surface area contributed by atoms with Crippen molar-refractivity contribution in [2.45, 2.75) is 26.3 Å². The Balaban J connectivity index is 2.23. The number of benzene rings is 1. The Morgan fingerprint density at radius 1 is 1.25 bits per heavy atom. The summed E-state index contributed by atoms with van der Waals surface area (Å²) in [4.78, 5) is 22.8. The van der Waals surface area contributed by atoms with Crippen molar-refractivity contribution in [3.63, 3.8) is 0 Å². The third-order valence-corrected chi connectivity index (χ3v) is 2.62. The van der Waals surface area contributed by atoms with Crippen LogP contribution in [0.5, 0.6) is 5.75 Å². The third-order valence-electron chi connectivity index (χ3n) is 2.62. The van der Waals surface area contributed by atoms with E-state index in [0.29, 0.717) is 11.4 Å². The highest BCUT2D eigenvalue weighted by Gasteiger charge is 2.10. The van der Waals surface area contributed by atoms with Crippen LogP contribution in [-0.4, -0.2) is 31.1 Å². The van der Waals surface area contributed by atoms with Crippen LogP contribution in [0.15, 0.2) is 24.3 Å². The quantitative estimate of drug-likeness (QED) is 0.576. The molecule has 0 spiro atoms. The summed E-state index contributed by atoms with van der Waals surface area (Å²) in [5.74, 6) is -0.401. The molecule has 0 heterocycles. The van der Waals surface area contributed by atoms with Crippen molar-refractivity contribution >= 4 is 17.6 Å². The first-order valence-electron chi connectivity index (χ1n) is 6.44. The highest BCUT2D eigenvalue weighted by molar-refractivity contribution is 5.81. The second kappa shape index (κ2) is 8.04. The molecular formula is C14H20N2O4. The molecule has 3 N–H and O–H groups in total. The minimum Gasteiger partial charge on any atom is -0.482 e. The first-order chi connectivity index (χ1) is 9.51. The number of hydrogen-bond acceptors (Lipinski definition) is 5.